The molecule has 8 nitrogen and oxygen atoms in total. The lowest BCUT2D eigenvalue weighted by Gasteiger charge is -2.14. The van der Waals surface area contributed by atoms with Gasteiger partial charge in [-0.05, 0) is 54.8 Å². The van der Waals surface area contributed by atoms with Crippen molar-refractivity contribution in [1.29, 1.82) is 0 Å². The van der Waals surface area contributed by atoms with Gasteiger partial charge >= 0.3 is 0 Å². The molecule has 0 bridgehead atoms. The molecule has 5 rings (SSSR count). The van der Waals surface area contributed by atoms with E-state index in [9.17, 15) is 9.59 Å². The highest BCUT2D eigenvalue weighted by atomic mass is 16.2. The molecule has 1 aliphatic rings. The van der Waals surface area contributed by atoms with Crippen molar-refractivity contribution in [2.75, 3.05) is 16.0 Å². The summed E-state index contributed by atoms with van der Waals surface area (Å²) in [6.07, 6.45) is 5.24. The van der Waals surface area contributed by atoms with Crippen LogP contribution in [0, 0.1) is 5.41 Å². The maximum absolute atomic E-state index is 12.2. The van der Waals surface area contributed by atoms with E-state index in [4.69, 9.17) is 5.73 Å². The number of aromatic nitrogens is 2. The van der Waals surface area contributed by atoms with Gasteiger partial charge in [-0.25, -0.2) is 4.98 Å². The van der Waals surface area contributed by atoms with Crippen molar-refractivity contribution in [3.8, 4) is 0 Å². The average Bonchev–Trinajstić information content (AvgIpc) is 3.40. The fraction of sp³-hybridized carbons (Fsp3) is 0.192. The van der Waals surface area contributed by atoms with Gasteiger partial charge in [0.25, 0.3) is 5.91 Å². The summed E-state index contributed by atoms with van der Waals surface area (Å²) in [6, 6.07) is 17.3. The van der Waals surface area contributed by atoms with Crippen molar-refractivity contribution in [2.45, 2.75) is 26.3 Å². The van der Waals surface area contributed by atoms with Crippen LogP contribution in [0.1, 0.15) is 35.7 Å². The van der Waals surface area contributed by atoms with Crippen molar-refractivity contribution in [3.63, 3.8) is 0 Å². The van der Waals surface area contributed by atoms with Crippen LogP contribution in [-0.4, -0.2) is 21.8 Å². The second-order valence-electron chi connectivity index (χ2n) is 8.91. The number of nitrogens with one attached hydrogen (secondary N) is 4. The summed E-state index contributed by atoms with van der Waals surface area (Å²) in [5, 5.41) is 10.6. The number of aromatic amines is 1. The van der Waals surface area contributed by atoms with Gasteiger partial charge < -0.3 is 26.7 Å². The number of hydrogen-bond acceptors (Lipinski definition) is 5. The minimum atomic E-state index is -0.550. The van der Waals surface area contributed by atoms with E-state index < -0.39 is 5.91 Å². The molecule has 0 radical (unpaired) electrons. The number of rotatable bonds is 8. The molecule has 0 atom stereocenters. The molecule has 0 saturated heterocycles. The summed E-state index contributed by atoms with van der Waals surface area (Å²) >= 11 is 0. The van der Waals surface area contributed by atoms with Crippen molar-refractivity contribution < 1.29 is 9.59 Å². The number of primary amides is 1. The maximum Gasteiger partial charge on any atom is 0.252 e. The molecule has 2 heterocycles. The van der Waals surface area contributed by atoms with Crippen molar-refractivity contribution in [3.05, 3.63) is 78.1 Å². The fourth-order valence-electron chi connectivity index (χ4n) is 3.84. The standard InChI is InChI=1S/C26H26N6O2/c1-26(10-11-26)25(34)32-18-7-5-17(6-8-18)31-23-13-22(20(15-30-23)24(27)33)29-14-16-3-2-4-21-19(16)9-12-28-21/h2-9,12-13,15,28H,10-11,14H2,1H3,(H2,27,33)(H,32,34)(H2,29,30,31). The maximum atomic E-state index is 12.2. The molecule has 6 N–H and O–H groups in total. The number of H-pyrrole nitrogens is 1. The van der Waals surface area contributed by atoms with Crippen LogP contribution >= 0.6 is 0 Å². The number of nitrogens with two attached hydrogens (primary N) is 1. The molecule has 2 aromatic heterocycles. The second kappa shape index (κ2) is 8.55. The second-order valence-corrected chi connectivity index (χ2v) is 8.91. The highest BCUT2D eigenvalue weighted by Gasteiger charge is 2.44. The lowest BCUT2D eigenvalue weighted by atomic mass is 10.1. The van der Waals surface area contributed by atoms with Gasteiger partial charge in [0.2, 0.25) is 5.91 Å². The van der Waals surface area contributed by atoms with Gasteiger partial charge in [-0.1, -0.05) is 19.1 Å². The van der Waals surface area contributed by atoms with Crippen LogP contribution in [0.5, 0.6) is 0 Å². The molecule has 8 heteroatoms. The fourth-order valence-corrected chi connectivity index (χ4v) is 3.84. The average molecular weight is 455 g/mol. The molecular formula is C26H26N6O2. The predicted molar refractivity (Wildman–Crippen MR) is 134 cm³/mol. The van der Waals surface area contributed by atoms with E-state index in [1.807, 2.05) is 61.7 Å². The van der Waals surface area contributed by atoms with Crippen LogP contribution in [-0.2, 0) is 11.3 Å². The van der Waals surface area contributed by atoms with E-state index >= 15 is 0 Å². The Morgan fingerprint density at radius 2 is 1.85 bits per heavy atom. The SMILES string of the molecule is CC1(C(=O)Nc2ccc(Nc3cc(NCc4cccc5[nH]ccc45)c(C(N)=O)cn3)cc2)CC1. The third-order valence-corrected chi connectivity index (χ3v) is 6.29. The Labute approximate surface area is 197 Å². The minimum absolute atomic E-state index is 0.0583. The zero-order chi connectivity index (χ0) is 23.7. The Morgan fingerprint density at radius 3 is 2.59 bits per heavy atom. The van der Waals surface area contributed by atoms with Gasteiger partial charge in [0.15, 0.2) is 0 Å². The quantitative estimate of drug-likeness (QED) is 0.263. The molecule has 1 aliphatic carbocycles. The van der Waals surface area contributed by atoms with Crippen LogP contribution in [0.4, 0.5) is 22.9 Å². The number of carbonyl (C=O) groups is 2. The van der Waals surface area contributed by atoms with E-state index in [1.54, 1.807) is 6.07 Å². The number of nitrogens with zero attached hydrogens (tertiary/aromatic N) is 1. The Kier molecular flexibility index (Phi) is 5.41. The van der Waals surface area contributed by atoms with Crippen LogP contribution < -0.4 is 21.7 Å². The van der Waals surface area contributed by atoms with E-state index in [0.29, 0.717) is 23.6 Å². The number of anilines is 4. The highest BCUT2D eigenvalue weighted by Crippen LogP contribution is 2.45. The monoisotopic (exact) mass is 454 g/mol. The van der Waals surface area contributed by atoms with Crippen molar-refractivity contribution in [1.82, 2.24) is 9.97 Å². The summed E-state index contributed by atoms with van der Waals surface area (Å²) in [5.41, 5.74) is 9.97. The predicted octanol–water partition coefficient (Wildman–Crippen LogP) is 4.76. The van der Waals surface area contributed by atoms with Gasteiger partial charge in [0, 0.05) is 52.7 Å². The molecule has 2 aromatic carbocycles. The zero-order valence-corrected chi connectivity index (χ0v) is 18.8. The Balaban J connectivity index is 1.30. The Morgan fingerprint density at radius 1 is 1.09 bits per heavy atom. The number of fused-ring (bicyclic) bond motifs is 1. The van der Waals surface area contributed by atoms with Crippen LogP contribution in [0.3, 0.4) is 0 Å². The molecule has 0 unspecified atom stereocenters. The normalized spacial score (nSPS) is 13.9. The largest absolute Gasteiger partial charge is 0.380 e. The number of hydrogen-bond donors (Lipinski definition) is 5. The van der Waals surface area contributed by atoms with E-state index in [-0.39, 0.29) is 11.3 Å². The number of pyridine rings is 1. The topological polar surface area (TPSA) is 125 Å². The van der Waals surface area contributed by atoms with Gasteiger partial charge in [-0.15, -0.1) is 0 Å². The molecule has 0 spiro atoms. The minimum Gasteiger partial charge on any atom is -0.380 e. The number of amides is 2. The molecule has 4 aromatic rings. The van der Waals surface area contributed by atoms with Gasteiger partial charge in [-0.3, -0.25) is 9.59 Å². The Bertz CT molecular complexity index is 1370. The lowest BCUT2D eigenvalue weighted by Crippen LogP contribution is -2.21. The number of carbonyl (C=O) groups excluding carboxylic acids is 2. The zero-order valence-electron chi connectivity index (χ0n) is 18.8. The summed E-state index contributed by atoms with van der Waals surface area (Å²) in [7, 11) is 0. The van der Waals surface area contributed by atoms with Crippen molar-refractivity contribution in [2.24, 2.45) is 11.1 Å². The molecule has 1 saturated carbocycles. The van der Waals surface area contributed by atoms with Gasteiger partial charge in [0.1, 0.15) is 5.82 Å². The van der Waals surface area contributed by atoms with Gasteiger partial charge in [0.05, 0.1) is 11.3 Å². The molecular weight excluding hydrogens is 428 g/mol. The summed E-state index contributed by atoms with van der Waals surface area (Å²) in [4.78, 5) is 31.7. The summed E-state index contributed by atoms with van der Waals surface area (Å²) in [5.74, 6) is 0.0726. The van der Waals surface area contributed by atoms with Crippen LogP contribution in [0.15, 0.2) is 67.0 Å². The molecule has 1 fully saturated rings. The smallest absolute Gasteiger partial charge is 0.252 e. The first-order valence-corrected chi connectivity index (χ1v) is 11.2. The first kappa shape index (κ1) is 21.5. The van der Waals surface area contributed by atoms with E-state index in [1.165, 1.54) is 6.20 Å². The Hall–Kier alpha value is -4.33. The third kappa shape index (κ3) is 4.43. The summed E-state index contributed by atoms with van der Waals surface area (Å²) in [6.45, 7) is 2.50. The summed E-state index contributed by atoms with van der Waals surface area (Å²) < 4.78 is 0. The first-order valence-electron chi connectivity index (χ1n) is 11.2. The molecule has 0 aliphatic heterocycles. The first-order chi connectivity index (χ1) is 16.4. The molecule has 34 heavy (non-hydrogen) atoms. The lowest BCUT2D eigenvalue weighted by molar-refractivity contribution is -0.120. The van der Waals surface area contributed by atoms with Crippen LogP contribution in [0.2, 0.25) is 0 Å². The third-order valence-electron chi connectivity index (χ3n) is 6.29. The number of benzene rings is 2. The van der Waals surface area contributed by atoms with Crippen molar-refractivity contribution >= 4 is 45.6 Å². The molecule has 2 amide bonds. The van der Waals surface area contributed by atoms with Gasteiger partial charge in [-0.2, -0.15) is 0 Å². The van der Waals surface area contributed by atoms with E-state index in [2.05, 4.69) is 25.9 Å². The van der Waals surface area contributed by atoms with E-state index in [0.717, 1.165) is 40.7 Å². The molecule has 172 valence electrons. The highest BCUT2D eigenvalue weighted by molar-refractivity contribution is 5.99. The van der Waals surface area contributed by atoms with Crippen LogP contribution in [0.25, 0.3) is 10.9 Å².